The van der Waals surface area contributed by atoms with Crippen molar-refractivity contribution in [3.63, 3.8) is 0 Å². The second-order valence-corrected chi connectivity index (χ2v) is 1.61. The maximum absolute atomic E-state index is 4.50. The van der Waals surface area contributed by atoms with Crippen LogP contribution in [0.1, 0.15) is 26.7 Å². The van der Waals surface area contributed by atoms with Gasteiger partial charge in [-0.1, -0.05) is 26.7 Å². The van der Waals surface area contributed by atoms with E-state index >= 15 is 0 Å². The number of hydrogen-bond acceptors (Lipinski definition) is 1. The van der Waals surface area contributed by atoms with E-state index in [4.69, 9.17) is 0 Å². The van der Waals surface area contributed by atoms with Gasteiger partial charge >= 0.3 is 0 Å². The van der Waals surface area contributed by atoms with Gasteiger partial charge in [0.25, 0.3) is 0 Å². The van der Waals surface area contributed by atoms with Gasteiger partial charge in [-0.25, -0.2) is 0 Å². The number of hydrogen-bond donors (Lipinski definition) is 0. The Morgan fingerprint density at radius 1 is 1.14 bits per heavy atom. The van der Waals surface area contributed by atoms with Crippen LogP contribution in [0.5, 0.6) is 0 Å². The minimum atomic E-state index is 1.00. The first-order valence-electron chi connectivity index (χ1n) is 2.99. The van der Waals surface area contributed by atoms with E-state index in [1.54, 1.807) is 0 Å². The van der Waals surface area contributed by atoms with Gasteiger partial charge in [-0.3, -0.25) is 0 Å². The molecular formula is C6H14O. The van der Waals surface area contributed by atoms with Gasteiger partial charge in [-0.15, -0.1) is 0 Å². The van der Waals surface area contributed by atoms with Crippen LogP contribution < -0.4 is 0 Å². The highest BCUT2D eigenvalue weighted by molar-refractivity contribution is 4.36. The van der Waals surface area contributed by atoms with Crippen molar-refractivity contribution < 1.29 is 4.74 Å². The van der Waals surface area contributed by atoms with Crippen LogP contribution in [0, 0.1) is 0 Å². The molecule has 1 aliphatic rings. The second-order valence-electron chi connectivity index (χ2n) is 1.61. The van der Waals surface area contributed by atoms with Crippen LogP contribution in [0.3, 0.4) is 0 Å². The summed E-state index contributed by atoms with van der Waals surface area (Å²) in [4.78, 5) is 0. The lowest BCUT2D eigenvalue weighted by atomic mass is 10.4. The standard InChI is InChI=1S/C4H10.C2H4O/c1-3-4-2;1-2-3-1/h3-4H2,1-2H3;1-2H2. The largest absolute Gasteiger partial charge is 0.377 e. The third-order valence-corrected chi connectivity index (χ3v) is 0.704. The fourth-order valence-corrected chi connectivity index (χ4v) is 0. The summed E-state index contributed by atoms with van der Waals surface area (Å²) in [5.41, 5.74) is 0. The van der Waals surface area contributed by atoms with Crippen LogP contribution >= 0.6 is 0 Å². The molecule has 0 atom stereocenters. The Hall–Kier alpha value is -0.0400. The maximum Gasteiger partial charge on any atom is 0.0701 e. The first-order chi connectivity index (χ1) is 3.41. The maximum atomic E-state index is 4.50. The summed E-state index contributed by atoms with van der Waals surface area (Å²) >= 11 is 0. The van der Waals surface area contributed by atoms with Crippen molar-refractivity contribution in [3.05, 3.63) is 0 Å². The third-order valence-electron chi connectivity index (χ3n) is 0.704. The quantitative estimate of drug-likeness (QED) is 0.460. The molecule has 0 aromatic rings. The smallest absolute Gasteiger partial charge is 0.0701 e. The molecule has 1 aliphatic heterocycles. The molecule has 1 heterocycles. The van der Waals surface area contributed by atoms with Crippen molar-refractivity contribution in [1.29, 1.82) is 0 Å². The van der Waals surface area contributed by atoms with Gasteiger partial charge < -0.3 is 4.74 Å². The van der Waals surface area contributed by atoms with Gasteiger partial charge in [0.15, 0.2) is 0 Å². The molecule has 0 aliphatic carbocycles. The molecule has 0 spiro atoms. The number of ether oxygens (including phenoxy) is 1. The number of rotatable bonds is 1. The van der Waals surface area contributed by atoms with Crippen molar-refractivity contribution in [2.24, 2.45) is 0 Å². The Morgan fingerprint density at radius 3 is 1.43 bits per heavy atom. The average molecular weight is 102 g/mol. The molecule has 1 heteroatoms. The van der Waals surface area contributed by atoms with E-state index in [0.29, 0.717) is 0 Å². The lowest BCUT2D eigenvalue weighted by Gasteiger charge is -1.68. The fourth-order valence-electron chi connectivity index (χ4n) is 0. The summed E-state index contributed by atoms with van der Waals surface area (Å²) in [6.07, 6.45) is 2.64. The van der Waals surface area contributed by atoms with Crippen LogP contribution in [0.4, 0.5) is 0 Å². The van der Waals surface area contributed by atoms with Crippen LogP contribution in [-0.2, 0) is 4.74 Å². The lowest BCUT2D eigenvalue weighted by molar-refractivity contribution is 0.475. The molecule has 1 nitrogen and oxygen atoms in total. The van der Waals surface area contributed by atoms with Crippen molar-refractivity contribution in [3.8, 4) is 0 Å². The molecule has 0 N–H and O–H groups in total. The summed E-state index contributed by atoms with van der Waals surface area (Å²) in [5, 5.41) is 0. The van der Waals surface area contributed by atoms with Crippen molar-refractivity contribution in [1.82, 2.24) is 0 Å². The molecule has 0 unspecified atom stereocenters. The first kappa shape index (κ1) is 6.96. The molecule has 7 heavy (non-hydrogen) atoms. The monoisotopic (exact) mass is 102 g/mol. The Morgan fingerprint density at radius 2 is 1.43 bits per heavy atom. The average Bonchev–Trinajstić information content (AvgIpc) is 2.47. The van der Waals surface area contributed by atoms with Crippen LogP contribution in [0.25, 0.3) is 0 Å². The van der Waals surface area contributed by atoms with E-state index < -0.39 is 0 Å². The summed E-state index contributed by atoms with van der Waals surface area (Å²) in [6.45, 7) is 6.36. The molecular weight excluding hydrogens is 88.1 g/mol. The van der Waals surface area contributed by atoms with E-state index in [0.717, 1.165) is 13.2 Å². The second kappa shape index (κ2) is 5.96. The minimum absolute atomic E-state index is 1.00. The highest BCUT2D eigenvalue weighted by atomic mass is 16.6. The molecule has 0 saturated carbocycles. The molecule has 0 aromatic heterocycles. The molecule has 0 bridgehead atoms. The Bertz CT molecular complexity index is 20.6. The first-order valence-corrected chi connectivity index (χ1v) is 2.99. The molecule has 1 fully saturated rings. The molecule has 0 radical (unpaired) electrons. The highest BCUT2D eigenvalue weighted by Gasteiger charge is 1.94. The summed E-state index contributed by atoms with van der Waals surface area (Å²) in [7, 11) is 0. The van der Waals surface area contributed by atoms with E-state index in [-0.39, 0.29) is 0 Å². The van der Waals surface area contributed by atoms with Crippen molar-refractivity contribution in [2.45, 2.75) is 26.7 Å². The Kier molecular flexibility index (Phi) is 5.93. The van der Waals surface area contributed by atoms with Crippen molar-refractivity contribution >= 4 is 0 Å². The van der Waals surface area contributed by atoms with Crippen LogP contribution in [0.15, 0.2) is 0 Å². The molecule has 0 aromatic carbocycles. The van der Waals surface area contributed by atoms with E-state index in [1.807, 2.05) is 0 Å². The predicted molar refractivity (Wildman–Crippen MR) is 31.4 cm³/mol. The van der Waals surface area contributed by atoms with Gasteiger partial charge in [-0.05, 0) is 0 Å². The number of unbranched alkanes of at least 4 members (excludes halogenated alkanes) is 1. The Labute approximate surface area is 45.7 Å². The highest BCUT2D eigenvalue weighted by Crippen LogP contribution is 1.84. The molecule has 1 saturated heterocycles. The normalized spacial score (nSPS) is 14.6. The number of epoxide rings is 1. The van der Waals surface area contributed by atoms with E-state index in [2.05, 4.69) is 18.6 Å². The van der Waals surface area contributed by atoms with Gasteiger partial charge in [-0.2, -0.15) is 0 Å². The Balaban J connectivity index is 0.000000105. The predicted octanol–water partition coefficient (Wildman–Crippen LogP) is 1.82. The zero-order valence-corrected chi connectivity index (χ0v) is 5.24. The fraction of sp³-hybridized carbons (Fsp3) is 1.00. The summed E-state index contributed by atoms with van der Waals surface area (Å²) in [5.74, 6) is 0. The van der Waals surface area contributed by atoms with Crippen molar-refractivity contribution in [2.75, 3.05) is 13.2 Å². The van der Waals surface area contributed by atoms with Gasteiger partial charge in [0.2, 0.25) is 0 Å². The molecule has 44 valence electrons. The molecule has 1 rings (SSSR count). The zero-order valence-electron chi connectivity index (χ0n) is 5.24. The van der Waals surface area contributed by atoms with Gasteiger partial charge in [0, 0.05) is 0 Å². The lowest BCUT2D eigenvalue weighted by Crippen LogP contribution is -1.47. The molecule has 0 amide bonds. The summed E-state index contributed by atoms with van der Waals surface area (Å²) < 4.78 is 4.50. The minimum Gasteiger partial charge on any atom is -0.377 e. The van der Waals surface area contributed by atoms with Gasteiger partial charge in [0.1, 0.15) is 0 Å². The third kappa shape index (κ3) is 24.3. The summed E-state index contributed by atoms with van der Waals surface area (Å²) in [6, 6.07) is 0. The van der Waals surface area contributed by atoms with E-state index in [9.17, 15) is 0 Å². The van der Waals surface area contributed by atoms with Gasteiger partial charge in [0.05, 0.1) is 13.2 Å². The van der Waals surface area contributed by atoms with E-state index in [1.165, 1.54) is 12.8 Å². The van der Waals surface area contributed by atoms with Crippen LogP contribution in [-0.4, -0.2) is 13.2 Å². The zero-order chi connectivity index (χ0) is 5.54. The topological polar surface area (TPSA) is 12.5 Å². The SMILES string of the molecule is C1CO1.CCCC. The van der Waals surface area contributed by atoms with Crippen LogP contribution in [0.2, 0.25) is 0 Å².